The Morgan fingerprint density at radius 3 is 2.69 bits per heavy atom. The Hall–Kier alpha value is -2.32. The Morgan fingerprint density at radius 1 is 1.14 bits per heavy atom. The Morgan fingerprint density at radius 2 is 1.97 bits per heavy atom. The molecule has 4 heterocycles. The number of hydrogen-bond donors (Lipinski definition) is 0. The van der Waals surface area contributed by atoms with Gasteiger partial charge < -0.3 is 9.80 Å². The van der Waals surface area contributed by atoms with E-state index >= 15 is 0 Å². The Bertz CT molecular complexity index is 991. The molecule has 0 aliphatic carbocycles. The van der Waals surface area contributed by atoms with E-state index in [0.717, 1.165) is 40.4 Å². The lowest BCUT2D eigenvalue weighted by atomic mass is 10.1. The van der Waals surface area contributed by atoms with Gasteiger partial charge in [0.2, 0.25) is 5.91 Å². The van der Waals surface area contributed by atoms with Crippen LogP contribution in [0.15, 0.2) is 29.9 Å². The molecule has 0 saturated carbocycles. The lowest BCUT2D eigenvalue weighted by Gasteiger charge is -2.35. The zero-order valence-electron chi connectivity index (χ0n) is 16.5. The molecule has 0 N–H and O–H groups in total. The third-order valence-corrected chi connectivity index (χ3v) is 7.33. The van der Waals surface area contributed by atoms with Crippen LogP contribution in [0.2, 0.25) is 0 Å². The summed E-state index contributed by atoms with van der Waals surface area (Å²) >= 11 is 3.18. The van der Waals surface area contributed by atoms with Crippen molar-refractivity contribution in [3.63, 3.8) is 0 Å². The summed E-state index contributed by atoms with van der Waals surface area (Å²) in [5.74, 6) is 1.24. The first-order chi connectivity index (χ1) is 14.2. The van der Waals surface area contributed by atoms with Crippen LogP contribution in [0, 0.1) is 0 Å². The van der Waals surface area contributed by atoms with Gasteiger partial charge in [-0.1, -0.05) is 13.0 Å². The average molecular weight is 429 g/mol. The molecule has 3 aromatic heterocycles. The summed E-state index contributed by atoms with van der Waals surface area (Å²) in [6.07, 6.45) is 4.10. The summed E-state index contributed by atoms with van der Waals surface area (Å²) in [5, 5.41) is 3.02. The van der Waals surface area contributed by atoms with E-state index in [2.05, 4.69) is 27.9 Å². The second kappa shape index (κ2) is 9.00. The number of thiophene rings is 2. The number of amides is 1. The SMILES string of the molecule is CCc1cc2c(N3CCN(C(=O)CCCC(=O)c4cccs4)CC3)ncnc2s1. The molecule has 0 aromatic carbocycles. The van der Waals surface area contributed by atoms with Crippen molar-refractivity contribution < 1.29 is 9.59 Å². The van der Waals surface area contributed by atoms with Crippen molar-refractivity contribution in [3.05, 3.63) is 39.7 Å². The van der Waals surface area contributed by atoms with Crippen LogP contribution in [0.25, 0.3) is 10.2 Å². The van der Waals surface area contributed by atoms with E-state index in [-0.39, 0.29) is 11.7 Å². The maximum atomic E-state index is 12.5. The number of aromatic nitrogens is 2. The number of ketones is 1. The van der Waals surface area contributed by atoms with Gasteiger partial charge in [0.1, 0.15) is 17.0 Å². The van der Waals surface area contributed by atoms with E-state index in [1.54, 1.807) is 17.7 Å². The Kier molecular flexibility index (Phi) is 6.20. The highest BCUT2D eigenvalue weighted by atomic mass is 32.1. The summed E-state index contributed by atoms with van der Waals surface area (Å²) in [7, 11) is 0. The third-order valence-electron chi connectivity index (χ3n) is 5.23. The lowest BCUT2D eigenvalue weighted by Crippen LogP contribution is -2.49. The highest BCUT2D eigenvalue weighted by molar-refractivity contribution is 7.18. The van der Waals surface area contributed by atoms with Gasteiger partial charge >= 0.3 is 0 Å². The second-order valence-electron chi connectivity index (χ2n) is 7.10. The number of nitrogens with zero attached hydrogens (tertiary/aromatic N) is 4. The lowest BCUT2D eigenvalue weighted by molar-refractivity contribution is -0.131. The van der Waals surface area contributed by atoms with Gasteiger partial charge in [-0.05, 0) is 30.4 Å². The summed E-state index contributed by atoms with van der Waals surface area (Å²) in [4.78, 5) is 40.8. The summed E-state index contributed by atoms with van der Waals surface area (Å²) < 4.78 is 0. The summed E-state index contributed by atoms with van der Waals surface area (Å²) in [6.45, 7) is 5.06. The first-order valence-electron chi connectivity index (χ1n) is 9.98. The van der Waals surface area contributed by atoms with Crippen molar-refractivity contribution in [3.8, 4) is 0 Å². The van der Waals surface area contributed by atoms with Gasteiger partial charge in [-0.3, -0.25) is 9.59 Å². The molecule has 1 aliphatic heterocycles. The number of Topliss-reactive ketones (excluding diaryl/α,β-unsaturated/α-hetero) is 1. The molecule has 6 nitrogen and oxygen atoms in total. The molecule has 0 atom stereocenters. The fraction of sp³-hybridized carbons (Fsp3) is 0.429. The first kappa shape index (κ1) is 20.0. The molecule has 8 heteroatoms. The number of fused-ring (bicyclic) bond motifs is 1. The third kappa shape index (κ3) is 4.48. The molecule has 0 spiro atoms. The van der Waals surface area contributed by atoms with E-state index < -0.39 is 0 Å². The minimum absolute atomic E-state index is 0.132. The zero-order valence-corrected chi connectivity index (χ0v) is 18.1. The molecule has 29 heavy (non-hydrogen) atoms. The van der Waals surface area contributed by atoms with E-state index in [1.807, 2.05) is 22.4 Å². The summed E-state index contributed by atoms with van der Waals surface area (Å²) in [5.41, 5.74) is 0. The van der Waals surface area contributed by atoms with Crippen molar-refractivity contribution in [2.45, 2.75) is 32.6 Å². The van der Waals surface area contributed by atoms with Gasteiger partial charge in [0.05, 0.1) is 10.3 Å². The molecular weight excluding hydrogens is 404 g/mol. The van der Waals surface area contributed by atoms with Crippen LogP contribution in [-0.2, 0) is 11.2 Å². The monoisotopic (exact) mass is 428 g/mol. The first-order valence-corrected chi connectivity index (χ1v) is 11.7. The van der Waals surface area contributed by atoms with Crippen molar-refractivity contribution >= 4 is 50.4 Å². The van der Waals surface area contributed by atoms with Gasteiger partial charge in [0.25, 0.3) is 0 Å². The Balaban J connectivity index is 1.29. The number of anilines is 1. The summed E-state index contributed by atoms with van der Waals surface area (Å²) in [6, 6.07) is 5.92. The number of carbonyl (C=O) groups excluding carboxylic acids is 2. The fourth-order valence-corrected chi connectivity index (χ4v) is 5.23. The van der Waals surface area contributed by atoms with Crippen molar-refractivity contribution in [2.24, 2.45) is 0 Å². The molecule has 1 aliphatic rings. The van der Waals surface area contributed by atoms with E-state index in [9.17, 15) is 9.59 Å². The Labute approximate surface area is 178 Å². The van der Waals surface area contributed by atoms with Crippen molar-refractivity contribution in [1.82, 2.24) is 14.9 Å². The predicted octanol–water partition coefficient (Wildman–Crippen LogP) is 4.02. The van der Waals surface area contributed by atoms with Crippen LogP contribution in [-0.4, -0.2) is 52.7 Å². The topological polar surface area (TPSA) is 66.4 Å². The van der Waals surface area contributed by atoms with Gasteiger partial charge in [-0.25, -0.2) is 9.97 Å². The molecule has 0 unspecified atom stereocenters. The van der Waals surface area contributed by atoms with Gasteiger partial charge in [0, 0.05) is 43.9 Å². The standard InChI is InChI=1S/C21H24N4O2S2/c1-2-15-13-16-20(22-14-23-21(16)29-15)25-10-8-24(9-11-25)19(27)7-3-5-17(26)18-6-4-12-28-18/h4,6,12-14H,2-3,5,7-11H2,1H3. The van der Waals surface area contributed by atoms with E-state index in [0.29, 0.717) is 32.4 Å². The van der Waals surface area contributed by atoms with Crippen LogP contribution in [0.4, 0.5) is 5.82 Å². The van der Waals surface area contributed by atoms with Gasteiger partial charge in [-0.2, -0.15) is 0 Å². The number of carbonyl (C=O) groups is 2. The molecular formula is C21H24N4O2S2. The molecule has 3 aromatic rings. The normalized spacial score (nSPS) is 14.5. The molecule has 0 radical (unpaired) electrons. The number of aryl methyl sites for hydroxylation is 1. The zero-order chi connectivity index (χ0) is 20.2. The van der Waals surface area contributed by atoms with Crippen molar-refractivity contribution in [2.75, 3.05) is 31.1 Å². The molecule has 152 valence electrons. The molecule has 4 rings (SSSR count). The van der Waals surface area contributed by atoms with E-state index in [4.69, 9.17) is 0 Å². The largest absolute Gasteiger partial charge is 0.352 e. The fourth-order valence-electron chi connectivity index (χ4n) is 3.61. The van der Waals surface area contributed by atoms with Crippen LogP contribution in [0.3, 0.4) is 0 Å². The second-order valence-corrected chi connectivity index (χ2v) is 9.17. The van der Waals surface area contributed by atoms with E-state index in [1.165, 1.54) is 16.2 Å². The quantitative estimate of drug-likeness (QED) is 0.532. The maximum absolute atomic E-state index is 12.5. The molecule has 1 fully saturated rings. The van der Waals surface area contributed by atoms with Crippen LogP contribution >= 0.6 is 22.7 Å². The minimum Gasteiger partial charge on any atom is -0.352 e. The van der Waals surface area contributed by atoms with Crippen molar-refractivity contribution in [1.29, 1.82) is 0 Å². The van der Waals surface area contributed by atoms with Crippen LogP contribution < -0.4 is 4.90 Å². The molecule has 1 amide bonds. The van der Waals surface area contributed by atoms with Crippen LogP contribution in [0.5, 0.6) is 0 Å². The number of rotatable bonds is 7. The highest BCUT2D eigenvalue weighted by Gasteiger charge is 2.23. The maximum Gasteiger partial charge on any atom is 0.222 e. The number of piperazine rings is 1. The smallest absolute Gasteiger partial charge is 0.222 e. The van der Waals surface area contributed by atoms with Crippen LogP contribution in [0.1, 0.15) is 40.7 Å². The number of hydrogen-bond acceptors (Lipinski definition) is 7. The van der Waals surface area contributed by atoms with Gasteiger partial charge in [-0.15, -0.1) is 22.7 Å². The highest BCUT2D eigenvalue weighted by Crippen LogP contribution is 2.31. The predicted molar refractivity (Wildman–Crippen MR) is 118 cm³/mol. The average Bonchev–Trinajstić information content (AvgIpc) is 3.43. The minimum atomic E-state index is 0.132. The molecule has 1 saturated heterocycles. The molecule has 0 bridgehead atoms. The van der Waals surface area contributed by atoms with Gasteiger partial charge in [0.15, 0.2) is 5.78 Å².